The van der Waals surface area contributed by atoms with E-state index >= 15 is 0 Å². The van der Waals surface area contributed by atoms with Crippen molar-refractivity contribution < 1.29 is 9.72 Å². The van der Waals surface area contributed by atoms with Gasteiger partial charge in [-0.2, -0.15) is 4.68 Å². The van der Waals surface area contributed by atoms with Gasteiger partial charge in [-0.3, -0.25) is 4.79 Å². The van der Waals surface area contributed by atoms with Gasteiger partial charge in [0.2, 0.25) is 5.91 Å². The minimum atomic E-state index is -0.564. The van der Waals surface area contributed by atoms with E-state index in [1.807, 2.05) is 0 Å². The lowest BCUT2D eigenvalue weighted by Gasteiger charge is -2.61. The number of hydrogen-bond donors (Lipinski definition) is 1. The van der Waals surface area contributed by atoms with Gasteiger partial charge in [-0.05, 0) is 60.3 Å². The van der Waals surface area contributed by atoms with Gasteiger partial charge in [0.05, 0.1) is 5.54 Å². The summed E-state index contributed by atoms with van der Waals surface area (Å²) in [6.45, 7) is 1.56. The molecule has 124 valence electrons. The average molecular weight is 384 g/mol. The molecular weight excluding hydrogens is 366 g/mol. The Balaban J connectivity index is 1.76. The van der Waals surface area contributed by atoms with Gasteiger partial charge in [-0.25, -0.2) is 0 Å². The highest BCUT2D eigenvalue weighted by Crippen LogP contribution is 2.60. The summed E-state index contributed by atoms with van der Waals surface area (Å²) in [4.78, 5) is 26.0. The molecule has 1 N–H and O–H groups in total. The fourth-order valence-corrected chi connectivity index (χ4v) is 6.26. The van der Waals surface area contributed by atoms with Gasteiger partial charge < -0.3 is 15.4 Å². The summed E-state index contributed by atoms with van der Waals surface area (Å²) in [5.41, 5.74) is -0.483. The molecule has 0 spiro atoms. The SMILES string of the molecule is CC(=O)NC12C[C@H]3C[C@H](C1)CC(n1nc([N+](=O)[O-])nc1Br)(C3)C2. The lowest BCUT2D eigenvalue weighted by Crippen LogP contribution is -2.65. The third-order valence-corrected chi connectivity index (χ3v) is 6.15. The minimum absolute atomic E-state index is 0.00858. The first kappa shape index (κ1) is 15.0. The van der Waals surface area contributed by atoms with Crippen LogP contribution in [0, 0.1) is 22.0 Å². The Hall–Kier alpha value is -1.51. The van der Waals surface area contributed by atoms with Crippen LogP contribution in [0.5, 0.6) is 0 Å². The van der Waals surface area contributed by atoms with Gasteiger partial charge in [0.1, 0.15) is 0 Å². The van der Waals surface area contributed by atoms with E-state index in [0.29, 0.717) is 16.6 Å². The topological polar surface area (TPSA) is 103 Å². The summed E-state index contributed by atoms with van der Waals surface area (Å²) < 4.78 is 2.11. The first-order chi connectivity index (χ1) is 10.8. The number of rotatable bonds is 3. The molecular formula is C14H18BrN5O3. The highest BCUT2D eigenvalue weighted by Gasteiger charge is 2.60. The maximum atomic E-state index is 11.7. The van der Waals surface area contributed by atoms with Crippen molar-refractivity contribution in [3.63, 3.8) is 0 Å². The van der Waals surface area contributed by atoms with Crippen molar-refractivity contribution in [2.24, 2.45) is 11.8 Å². The summed E-state index contributed by atoms with van der Waals surface area (Å²) in [6.07, 6.45) is 5.84. The van der Waals surface area contributed by atoms with Crippen molar-refractivity contribution in [3.8, 4) is 0 Å². The van der Waals surface area contributed by atoms with Crippen LogP contribution in [0.15, 0.2) is 4.73 Å². The number of carbonyl (C=O) groups excluding carboxylic acids is 1. The molecule has 1 heterocycles. The van der Waals surface area contributed by atoms with E-state index < -0.39 is 4.92 Å². The molecule has 1 amide bonds. The molecule has 5 rings (SSSR count). The number of aromatic nitrogens is 3. The van der Waals surface area contributed by atoms with Crippen molar-refractivity contribution in [1.82, 2.24) is 20.1 Å². The first-order valence-electron chi connectivity index (χ1n) is 7.87. The van der Waals surface area contributed by atoms with Crippen LogP contribution in [0.1, 0.15) is 45.4 Å². The Bertz CT molecular complexity index is 689. The molecule has 0 aliphatic heterocycles. The standard InChI is InChI=1S/C14H18BrN5O3/c1-8(21)17-13-3-9-2-10(4-13)6-14(5-9,7-13)19-11(15)16-12(18-19)20(22)23/h9-10H,2-7H2,1H3,(H,17,21)/t9-,10-,13?,14?/m1/s1. The number of nitrogens with zero attached hydrogens (tertiary/aromatic N) is 4. The Kier molecular flexibility index (Phi) is 3.11. The summed E-state index contributed by atoms with van der Waals surface area (Å²) >= 11 is 3.34. The Morgan fingerprint density at radius 1 is 1.39 bits per heavy atom. The predicted octanol–water partition coefficient (Wildman–Crippen LogP) is 2.13. The number of carbonyl (C=O) groups is 1. The maximum Gasteiger partial charge on any atom is 0.492 e. The van der Waals surface area contributed by atoms with Crippen LogP contribution in [0.2, 0.25) is 0 Å². The number of nitro groups is 1. The van der Waals surface area contributed by atoms with Crippen molar-refractivity contribution >= 4 is 27.8 Å². The zero-order chi connectivity index (χ0) is 16.4. The zero-order valence-corrected chi connectivity index (χ0v) is 14.4. The summed E-state index contributed by atoms with van der Waals surface area (Å²) in [5, 5.41) is 18.3. The van der Waals surface area contributed by atoms with Crippen molar-refractivity contribution in [2.75, 3.05) is 0 Å². The van der Waals surface area contributed by atoms with Crippen LogP contribution < -0.4 is 5.32 Å². The molecule has 1 aromatic rings. The maximum absolute atomic E-state index is 11.7. The number of hydrogen-bond acceptors (Lipinski definition) is 5. The highest BCUT2D eigenvalue weighted by atomic mass is 79.9. The molecule has 23 heavy (non-hydrogen) atoms. The minimum Gasteiger partial charge on any atom is -0.390 e. The molecule has 8 nitrogen and oxygen atoms in total. The fourth-order valence-electron chi connectivity index (χ4n) is 5.64. The van der Waals surface area contributed by atoms with E-state index in [4.69, 9.17) is 0 Å². The van der Waals surface area contributed by atoms with Gasteiger partial charge in [0.15, 0.2) is 0 Å². The van der Waals surface area contributed by atoms with Crippen LogP contribution in [-0.4, -0.2) is 31.1 Å². The van der Waals surface area contributed by atoms with Crippen LogP contribution in [0.25, 0.3) is 0 Å². The number of nitrogens with one attached hydrogen (secondary N) is 1. The molecule has 4 bridgehead atoms. The second-order valence-corrected chi connectivity index (χ2v) is 8.21. The monoisotopic (exact) mass is 383 g/mol. The number of amides is 1. The largest absolute Gasteiger partial charge is 0.492 e. The zero-order valence-electron chi connectivity index (χ0n) is 12.8. The van der Waals surface area contributed by atoms with E-state index in [9.17, 15) is 14.9 Å². The molecule has 4 fully saturated rings. The highest BCUT2D eigenvalue weighted by molar-refractivity contribution is 9.10. The summed E-state index contributed by atoms with van der Waals surface area (Å²) in [5.74, 6) is 0.670. The molecule has 0 aromatic carbocycles. The second-order valence-electron chi connectivity index (χ2n) is 7.50. The molecule has 9 heteroatoms. The average Bonchev–Trinajstić information content (AvgIpc) is 2.78. The van der Waals surface area contributed by atoms with Crippen molar-refractivity contribution in [3.05, 3.63) is 14.8 Å². The molecule has 0 saturated heterocycles. The van der Waals surface area contributed by atoms with Crippen LogP contribution in [0.3, 0.4) is 0 Å². The smallest absolute Gasteiger partial charge is 0.390 e. The molecule has 2 atom stereocenters. The second kappa shape index (κ2) is 4.75. The summed E-state index contributed by atoms with van der Waals surface area (Å²) in [6, 6.07) is 0. The summed E-state index contributed by atoms with van der Waals surface area (Å²) in [7, 11) is 0. The van der Waals surface area contributed by atoms with Crippen LogP contribution in [-0.2, 0) is 10.3 Å². The Morgan fingerprint density at radius 3 is 2.57 bits per heavy atom. The Morgan fingerprint density at radius 2 is 2.04 bits per heavy atom. The van der Waals surface area contributed by atoms with Crippen LogP contribution >= 0.6 is 15.9 Å². The van der Waals surface area contributed by atoms with Crippen molar-refractivity contribution in [1.29, 1.82) is 0 Å². The quantitative estimate of drug-likeness (QED) is 0.635. The molecule has 4 aliphatic carbocycles. The molecule has 4 aliphatic rings. The molecule has 4 saturated carbocycles. The van der Waals surface area contributed by atoms with Gasteiger partial charge in [-0.15, -0.1) is 0 Å². The fraction of sp³-hybridized carbons (Fsp3) is 0.786. The predicted molar refractivity (Wildman–Crippen MR) is 83.6 cm³/mol. The third kappa shape index (κ3) is 2.28. The third-order valence-electron chi connectivity index (χ3n) is 5.64. The lowest BCUT2D eigenvalue weighted by atomic mass is 9.50. The van der Waals surface area contributed by atoms with Gasteiger partial charge >= 0.3 is 5.95 Å². The van der Waals surface area contributed by atoms with E-state index in [2.05, 4.69) is 31.3 Å². The van der Waals surface area contributed by atoms with Gasteiger partial charge in [0, 0.05) is 33.5 Å². The normalized spacial score (nSPS) is 37.8. The van der Waals surface area contributed by atoms with E-state index in [1.54, 1.807) is 11.6 Å². The van der Waals surface area contributed by atoms with Crippen molar-refractivity contribution in [2.45, 2.75) is 56.5 Å². The molecule has 1 aromatic heterocycles. The number of halogens is 1. The van der Waals surface area contributed by atoms with Gasteiger partial charge in [0.25, 0.3) is 4.73 Å². The molecule has 0 unspecified atom stereocenters. The van der Waals surface area contributed by atoms with Gasteiger partial charge in [-0.1, -0.05) is 0 Å². The first-order valence-corrected chi connectivity index (χ1v) is 8.66. The van der Waals surface area contributed by atoms with E-state index in [1.165, 1.54) is 6.42 Å². The lowest BCUT2D eigenvalue weighted by molar-refractivity contribution is -0.394. The van der Waals surface area contributed by atoms with Crippen LogP contribution in [0.4, 0.5) is 5.95 Å². The van der Waals surface area contributed by atoms with E-state index in [0.717, 1.165) is 32.1 Å². The molecule has 0 radical (unpaired) electrons. The Labute approximate surface area is 141 Å². The van der Waals surface area contributed by atoms with E-state index in [-0.39, 0.29) is 22.9 Å².